The molecule has 152 valence electrons. The van der Waals surface area contributed by atoms with E-state index in [2.05, 4.69) is 56.7 Å². The molecule has 0 radical (unpaired) electrons. The van der Waals surface area contributed by atoms with Crippen molar-refractivity contribution in [3.05, 3.63) is 60.2 Å². The van der Waals surface area contributed by atoms with Gasteiger partial charge < -0.3 is 19.5 Å². The van der Waals surface area contributed by atoms with E-state index in [1.54, 1.807) is 0 Å². The van der Waals surface area contributed by atoms with Crippen molar-refractivity contribution in [1.82, 2.24) is 19.3 Å². The lowest BCUT2D eigenvalue weighted by Gasteiger charge is -2.35. The van der Waals surface area contributed by atoms with E-state index in [1.165, 1.54) is 5.56 Å². The second kappa shape index (κ2) is 9.16. The predicted molar refractivity (Wildman–Crippen MR) is 107 cm³/mol. The van der Waals surface area contributed by atoms with E-state index in [9.17, 15) is 0 Å². The van der Waals surface area contributed by atoms with Gasteiger partial charge in [0.2, 0.25) is 0 Å². The first kappa shape index (κ1) is 20.3. The smallest absolute Gasteiger partial charge is 0.414 e. The van der Waals surface area contributed by atoms with Crippen LogP contribution in [-0.2, 0) is 16.1 Å². The van der Waals surface area contributed by atoms with E-state index in [1.807, 2.05) is 18.3 Å². The summed E-state index contributed by atoms with van der Waals surface area (Å²) in [5.74, 6) is -2.57. The van der Waals surface area contributed by atoms with E-state index in [4.69, 9.17) is 24.8 Å². The molecule has 0 amide bonds. The van der Waals surface area contributed by atoms with Crippen LogP contribution in [0.5, 0.6) is 0 Å². The normalized spacial score (nSPS) is 14.3. The number of aromatic nitrogens is 3. The molecular weight excluding hydrogens is 374 g/mol. The molecule has 0 aliphatic carbocycles. The van der Waals surface area contributed by atoms with Gasteiger partial charge in [0.25, 0.3) is 0 Å². The molecule has 2 N–H and O–H groups in total. The molecule has 9 nitrogen and oxygen atoms in total. The van der Waals surface area contributed by atoms with Crippen LogP contribution in [0, 0.1) is 6.92 Å². The average Bonchev–Trinajstić information content (AvgIpc) is 3.13. The molecule has 0 unspecified atom stereocenters. The maximum Gasteiger partial charge on any atom is 0.414 e. The zero-order chi connectivity index (χ0) is 20.8. The van der Waals surface area contributed by atoms with Crippen molar-refractivity contribution in [2.75, 3.05) is 31.1 Å². The third-order valence-electron chi connectivity index (χ3n) is 4.64. The summed E-state index contributed by atoms with van der Waals surface area (Å²) in [6.07, 6.45) is 6.08. The Morgan fingerprint density at radius 3 is 2.34 bits per heavy atom. The first-order chi connectivity index (χ1) is 13.9. The highest BCUT2D eigenvalue weighted by Gasteiger charge is 2.18. The van der Waals surface area contributed by atoms with Gasteiger partial charge in [-0.3, -0.25) is 4.90 Å². The molecule has 0 atom stereocenters. The number of aryl methyl sites for hydroxylation is 1. The van der Waals surface area contributed by atoms with Crippen LogP contribution < -0.4 is 4.90 Å². The Balaban J connectivity index is 0.000000353. The van der Waals surface area contributed by atoms with Gasteiger partial charge >= 0.3 is 11.9 Å². The lowest BCUT2D eigenvalue weighted by Crippen LogP contribution is -2.46. The van der Waals surface area contributed by atoms with E-state index in [-0.39, 0.29) is 0 Å². The fourth-order valence-electron chi connectivity index (χ4n) is 3.19. The summed E-state index contributed by atoms with van der Waals surface area (Å²) in [5, 5.41) is 14.8. The highest BCUT2D eigenvalue weighted by Crippen LogP contribution is 2.15. The molecule has 0 aromatic carbocycles. The number of rotatable bonds is 3. The Kier molecular flexibility index (Phi) is 6.40. The number of anilines is 1. The van der Waals surface area contributed by atoms with Crippen LogP contribution in [0.1, 0.15) is 11.3 Å². The lowest BCUT2D eigenvalue weighted by atomic mass is 10.3. The summed E-state index contributed by atoms with van der Waals surface area (Å²) >= 11 is 0. The molecule has 0 saturated carbocycles. The Morgan fingerprint density at radius 2 is 1.76 bits per heavy atom. The van der Waals surface area contributed by atoms with E-state index in [0.717, 1.165) is 49.9 Å². The van der Waals surface area contributed by atoms with Crippen molar-refractivity contribution in [3.63, 3.8) is 0 Å². The van der Waals surface area contributed by atoms with E-state index >= 15 is 0 Å². The van der Waals surface area contributed by atoms with Crippen molar-refractivity contribution < 1.29 is 19.8 Å². The van der Waals surface area contributed by atoms with Gasteiger partial charge in [0.15, 0.2) is 0 Å². The van der Waals surface area contributed by atoms with Crippen molar-refractivity contribution in [2.24, 2.45) is 0 Å². The molecular formula is C20H23N5O4. The van der Waals surface area contributed by atoms with Crippen LogP contribution in [-0.4, -0.2) is 67.6 Å². The van der Waals surface area contributed by atoms with Crippen LogP contribution in [0.4, 0.5) is 5.82 Å². The van der Waals surface area contributed by atoms with Gasteiger partial charge in [0.1, 0.15) is 11.5 Å². The first-order valence-corrected chi connectivity index (χ1v) is 9.22. The minimum Gasteiger partial charge on any atom is -0.473 e. The third kappa shape index (κ3) is 5.29. The fraction of sp³-hybridized carbons (Fsp3) is 0.300. The zero-order valence-electron chi connectivity index (χ0n) is 16.1. The quantitative estimate of drug-likeness (QED) is 0.640. The number of fused-ring (bicyclic) bond motifs is 1. The molecule has 9 heteroatoms. The van der Waals surface area contributed by atoms with Gasteiger partial charge in [0.05, 0.1) is 5.69 Å². The molecule has 3 aromatic rings. The molecule has 0 spiro atoms. The Hall–Kier alpha value is -3.46. The minimum absolute atomic E-state index is 0.914. The number of piperazine rings is 1. The first-order valence-electron chi connectivity index (χ1n) is 9.22. The second-order valence-electron chi connectivity index (χ2n) is 6.72. The molecule has 1 aliphatic heterocycles. The van der Waals surface area contributed by atoms with Crippen LogP contribution in [0.3, 0.4) is 0 Å². The summed E-state index contributed by atoms with van der Waals surface area (Å²) in [5.41, 5.74) is 3.43. The molecule has 1 saturated heterocycles. The number of hydrogen-bond donors (Lipinski definition) is 2. The highest BCUT2D eigenvalue weighted by atomic mass is 16.4. The Bertz CT molecular complexity index is 969. The standard InChI is InChI=1S/C18H21N5.C2H2O4/c1-15-5-4-8-23-14-16(20-18(15)23)13-21-9-11-22(12-10-21)17-6-2-3-7-19-17;3-1(4)2(5)6/h2-8,14H,9-13H2,1H3;(H,3,4)(H,5,6). The van der Waals surface area contributed by atoms with Crippen molar-refractivity contribution in [1.29, 1.82) is 0 Å². The zero-order valence-corrected chi connectivity index (χ0v) is 16.1. The van der Waals surface area contributed by atoms with Gasteiger partial charge in [-0.05, 0) is 30.7 Å². The molecule has 29 heavy (non-hydrogen) atoms. The highest BCUT2D eigenvalue weighted by molar-refractivity contribution is 6.27. The Labute approximate surface area is 167 Å². The van der Waals surface area contributed by atoms with Crippen LogP contribution >= 0.6 is 0 Å². The largest absolute Gasteiger partial charge is 0.473 e. The average molecular weight is 397 g/mol. The van der Waals surface area contributed by atoms with Crippen LogP contribution in [0.15, 0.2) is 48.9 Å². The molecule has 3 aromatic heterocycles. The third-order valence-corrected chi connectivity index (χ3v) is 4.64. The number of carboxylic acid groups (broad SMARTS) is 2. The topological polar surface area (TPSA) is 111 Å². The number of pyridine rings is 2. The van der Waals surface area contributed by atoms with Gasteiger partial charge in [-0.1, -0.05) is 12.1 Å². The number of nitrogens with zero attached hydrogens (tertiary/aromatic N) is 5. The lowest BCUT2D eigenvalue weighted by molar-refractivity contribution is -0.159. The summed E-state index contributed by atoms with van der Waals surface area (Å²) in [4.78, 5) is 32.2. The van der Waals surface area contributed by atoms with Crippen LogP contribution in [0.2, 0.25) is 0 Å². The summed E-state index contributed by atoms with van der Waals surface area (Å²) < 4.78 is 2.12. The molecule has 0 bridgehead atoms. The molecule has 4 rings (SSSR count). The van der Waals surface area contributed by atoms with Gasteiger partial charge in [-0.15, -0.1) is 0 Å². The van der Waals surface area contributed by atoms with Crippen LogP contribution in [0.25, 0.3) is 5.65 Å². The number of imidazole rings is 1. The fourth-order valence-corrected chi connectivity index (χ4v) is 3.19. The van der Waals surface area contributed by atoms with Crippen molar-refractivity contribution in [3.8, 4) is 0 Å². The van der Waals surface area contributed by atoms with Gasteiger partial charge in [0, 0.05) is 51.3 Å². The predicted octanol–water partition coefficient (Wildman–Crippen LogP) is 1.52. The van der Waals surface area contributed by atoms with Gasteiger partial charge in [-0.2, -0.15) is 0 Å². The van der Waals surface area contributed by atoms with E-state index < -0.39 is 11.9 Å². The SMILES string of the molecule is Cc1cccn2cc(CN3CCN(c4ccccn4)CC3)nc12.O=C(O)C(=O)O. The summed E-state index contributed by atoms with van der Waals surface area (Å²) in [6, 6.07) is 10.3. The summed E-state index contributed by atoms with van der Waals surface area (Å²) in [7, 11) is 0. The minimum atomic E-state index is -1.82. The van der Waals surface area contributed by atoms with Gasteiger partial charge in [-0.25, -0.2) is 19.6 Å². The maximum atomic E-state index is 9.10. The number of carboxylic acids is 2. The maximum absolute atomic E-state index is 9.10. The Morgan fingerprint density at radius 1 is 1.03 bits per heavy atom. The molecule has 1 fully saturated rings. The number of hydrogen-bond acceptors (Lipinski definition) is 6. The molecule has 1 aliphatic rings. The van der Waals surface area contributed by atoms with E-state index in [0.29, 0.717) is 0 Å². The second-order valence-corrected chi connectivity index (χ2v) is 6.72. The molecule has 4 heterocycles. The number of aliphatic carboxylic acids is 2. The van der Waals surface area contributed by atoms with Crippen molar-refractivity contribution >= 4 is 23.4 Å². The number of carbonyl (C=O) groups is 2. The van der Waals surface area contributed by atoms with Crippen molar-refractivity contribution in [2.45, 2.75) is 13.5 Å². The summed E-state index contributed by atoms with van der Waals surface area (Å²) in [6.45, 7) is 7.15. The monoisotopic (exact) mass is 397 g/mol.